The number of nitrogens with zero attached hydrogens (tertiary/aromatic N) is 3. The minimum Gasteiger partial charge on any atom is -0.367 e. The van der Waals surface area contributed by atoms with Crippen LogP contribution < -0.4 is 4.90 Å². The number of alkyl halides is 2. The van der Waals surface area contributed by atoms with Crippen molar-refractivity contribution in [2.75, 3.05) is 11.4 Å². The number of aromatic nitrogens is 2. The van der Waals surface area contributed by atoms with Crippen LogP contribution in [0.1, 0.15) is 47.9 Å². The van der Waals surface area contributed by atoms with Gasteiger partial charge in [0.2, 0.25) is 0 Å². The van der Waals surface area contributed by atoms with Crippen LogP contribution in [0.5, 0.6) is 0 Å². The average molecular weight is 347 g/mol. The van der Waals surface area contributed by atoms with Crippen molar-refractivity contribution in [1.29, 1.82) is 0 Å². The Bertz CT molecular complexity index is 801. The Kier molecular flexibility index (Phi) is 4.92. The molecule has 0 saturated carbocycles. The van der Waals surface area contributed by atoms with E-state index < -0.39 is 12.3 Å². The Morgan fingerprint density at radius 2 is 2.04 bits per heavy atom. The number of para-hydroxylation sites is 1. The molecule has 0 N–H and O–H groups in total. The zero-order valence-corrected chi connectivity index (χ0v) is 13.9. The molecule has 0 saturated heterocycles. The van der Waals surface area contributed by atoms with Crippen LogP contribution in [0.15, 0.2) is 30.5 Å². The van der Waals surface area contributed by atoms with E-state index in [1.54, 1.807) is 0 Å². The summed E-state index contributed by atoms with van der Waals surface area (Å²) in [7, 11) is 0. The molecule has 3 rings (SSSR count). The monoisotopic (exact) mass is 347 g/mol. The van der Waals surface area contributed by atoms with E-state index in [9.17, 15) is 18.4 Å². The molecular formula is C18H19F2N3O2. The number of carbonyl (C=O) groups is 2. The summed E-state index contributed by atoms with van der Waals surface area (Å²) in [4.78, 5) is 25.5. The van der Waals surface area contributed by atoms with Crippen molar-refractivity contribution in [3.8, 4) is 0 Å². The molecule has 0 fully saturated rings. The van der Waals surface area contributed by atoms with Gasteiger partial charge < -0.3 is 4.90 Å². The van der Waals surface area contributed by atoms with Crippen LogP contribution in [0.25, 0.3) is 0 Å². The molecule has 0 unspecified atom stereocenters. The Morgan fingerprint density at radius 1 is 1.28 bits per heavy atom. The molecule has 1 aromatic heterocycles. The zero-order valence-electron chi connectivity index (χ0n) is 13.9. The maximum Gasteiger partial charge on any atom is 0.333 e. The van der Waals surface area contributed by atoms with Gasteiger partial charge in [-0.15, -0.1) is 0 Å². The first-order valence-electron chi connectivity index (χ1n) is 8.17. The van der Waals surface area contributed by atoms with Gasteiger partial charge >= 0.3 is 6.55 Å². The van der Waals surface area contributed by atoms with Crippen LogP contribution in [-0.4, -0.2) is 27.9 Å². The second kappa shape index (κ2) is 7.13. The van der Waals surface area contributed by atoms with Crippen molar-refractivity contribution >= 4 is 17.3 Å². The van der Waals surface area contributed by atoms with E-state index in [0.717, 1.165) is 25.1 Å². The molecule has 7 heteroatoms. The lowest BCUT2D eigenvalue weighted by Crippen LogP contribution is -2.29. The highest BCUT2D eigenvalue weighted by Gasteiger charge is 2.24. The Labute approximate surface area is 144 Å². The Hall–Kier alpha value is -2.57. The lowest BCUT2D eigenvalue weighted by Gasteiger charge is -2.31. The summed E-state index contributed by atoms with van der Waals surface area (Å²) in [5.41, 5.74) is 2.62. The fourth-order valence-corrected chi connectivity index (χ4v) is 3.17. The molecule has 25 heavy (non-hydrogen) atoms. The van der Waals surface area contributed by atoms with E-state index in [-0.39, 0.29) is 17.9 Å². The standard InChI is InChI=1S/C18H19F2N3O2/c1-12(24)9-16(25)17-14(11-23(21-17)18(19)20)10-22-8-4-6-13-5-2-3-7-15(13)22/h2-3,5,7,11,18H,4,6,8-10H2,1H3. The highest BCUT2D eigenvalue weighted by molar-refractivity contribution is 6.07. The SMILES string of the molecule is CC(=O)CC(=O)c1nn(C(F)F)cc1CN1CCCc2ccccc21. The highest BCUT2D eigenvalue weighted by atomic mass is 19.3. The van der Waals surface area contributed by atoms with E-state index in [0.29, 0.717) is 16.8 Å². The summed E-state index contributed by atoms with van der Waals surface area (Å²) in [5, 5.41) is 3.72. The van der Waals surface area contributed by atoms with Gasteiger partial charge in [-0.2, -0.15) is 13.9 Å². The summed E-state index contributed by atoms with van der Waals surface area (Å²) < 4.78 is 26.5. The molecule has 0 bridgehead atoms. The molecule has 2 heterocycles. The van der Waals surface area contributed by atoms with Crippen LogP contribution >= 0.6 is 0 Å². The summed E-state index contributed by atoms with van der Waals surface area (Å²) in [6.45, 7) is -0.450. The van der Waals surface area contributed by atoms with Gasteiger partial charge in [0.15, 0.2) is 5.78 Å². The summed E-state index contributed by atoms with van der Waals surface area (Å²) >= 11 is 0. The lowest BCUT2D eigenvalue weighted by molar-refractivity contribution is -0.116. The number of fused-ring (bicyclic) bond motifs is 1. The number of hydrogen-bond donors (Lipinski definition) is 0. The van der Waals surface area contributed by atoms with Gasteiger partial charge in [0, 0.05) is 30.5 Å². The third-order valence-corrected chi connectivity index (χ3v) is 4.25. The maximum atomic E-state index is 13.0. The van der Waals surface area contributed by atoms with E-state index in [4.69, 9.17) is 0 Å². The van der Waals surface area contributed by atoms with E-state index in [1.807, 2.05) is 24.3 Å². The summed E-state index contributed by atoms with van der Waals surface area (Å²) in [5.74, 6) is -0.835. The number of Topliss-reactive ketones (excluding diaryl/α,β-unsaturated/α-hetero) is 2. The molecule has 0 atom stereocenters. The van der Waals surface area contributed by atoms with Gasteiger partial charge in [-0.25, -0.2) is 4.68 Å². The van der Waals surface area contributed by atoms with Crippen molar-refractivity contribution in [2.45, 2.75) is 39.3 Å². The van der Waals surface area contributed by atoms with Gasteiger partial charge in [0.25, 0.3) is 0 Å². The molecule has 132 valence electrons. The first-order valence-corrected chi connectivity index (χ1v) is 8.17. The molecule has 0 aliphatic carbocycles. The summed E-state index contributed by atoms with van der Waals surface area (Å²) in [6.07, 6.45) is 2.80. The lowest BCUT2D eigenvalue weighted by atomic mass is 10.0. The second-order valence-electron chi connectivity index (χ2n) is 6.22. The largest absolute Gasteiger partial charge is 0.367 e. The zero-order chi connectivity index (χ0) is 18.0. The topological polar surface area (TPSA) is 55.2 Å². The van der Waals surface area contributed by atoms with Crippen molar-refractivity contribution in [3.63, 3.8) is 0 Å². The number of carbonyl (C=O) groups excluding carboxylic acids is 2. The van der Waals surface area contributed by atoms with Gasteiger partial charge in [-0.3, -0.25) is 9.59 Å². The third-order valence-electron chi connectivity index (χ3n) is 4.25. The molecule has 1 aliphatic heterocycles. The second-order valence-corrected chi connectivity index (χ2v) is 6.22. The van der Waals surface area contributed by atoms with E-state index >= 15 is 0 Å². The van der Waals surface area contributed by atoms with Crippen LogP contribution in [-0.2, 0) is 17.8 Å². The van der Waals surface area contributed by atoms with Crippen molar-refractivity contribution < 1.29 is 18.4 Å². The molecule has 2 aromatic rings. The fraction of sp³-hybridized carbons (Fsp3) is 0.389. The number of halogens is 2. The predicted molar refractivity (Wildman–Crippen MR) is 88.9 cm³/mol. The van der Waals surface area contributed by atoms with Crippen molar-refractivity contribution in [3.05, 3.63) is 47.3 Å². The molecule has 1 aromatic carbocycles. The number of benzene rings is 1. The van der Waals surface area contributed by atoms with E-state index in [2.05, 4.69) is 10.00 Å². The first-order chi connectivity index (χ1) is 12.0. The quantitative estimate of drug-likeness (QED) is 0.594. The number of hydrogen-bond acceptors (Lipinski definition) is 4. The van der Waals surface area contributed by atoms with Crippen LogP contribution in [0.3, 0.4) is 0 Å². The number of anilines is 1. The predicted octanol–water partition coefficient (Wildman–Crippen LogP) is 3.39. The molecular weight excluding hydrogens is 328 g/mol. The van der Waals surface area contributed by atoms with Crippen LogP contribution in [0.2, 0.25) is 0 Å². The van der Waals surface area contributed by atoms with Crippen LogP contribution in [0, 0.1) is 0 Å². The van der Waals surface area contributed by atoms with Gasteiger partial charge in [0.05, 0.1) is 6.42 Å². The molecule has 0 amide bonds. The van der Waals surface area contributed by atoms with Crippen LogP contribution in [0.4, 0.5) is 14.5 Å². The highest BCUT2D eigenvalue weighted by Crippen LogP contribution is 2.29. The fourth-order valence-electron chi connectivity index (χ4n) is 3.17. The van der Waals surface area contributed by atoms with Gasteiger partial charge in [0.1, 0.15) is 11.5 Å². The molecule has 0 spiro atoms. The summed E-state index contributed by atoms with van der Waals surface area (Å²) in [6, 6.07) is 7.94. The minimum atomic E-state index is -2.83. The Morgan fingerprint density at radius 3 is 2.76 bits per heavy atom. The van der Waals surface area contributed by atoms with Gasteiger partial charge in [-0.05, 0) is 31.4 Å². The first kappa shape index (κ1) is 17.3. The number of ketones is 2. The van der Waals surface area contributed by atoms with Crippen molar-refractivity contribution in [1.82, 2.24) is 9.78 Å². The van der Waals surface area contributed by atoms with Gasteiger partial charge in [-0.1, -0.05) is 18.2 Å². The molecule has 1 aliphatic rings. The van der Waals surface area contributed by atoms with Crippen molar-refractivity contribution in [2.24, 2.45) is 0 Å². The number of aryl methyl sites for hydroxylation is 1. The number of rotatable bonds is 6. The average Bonchev–Trinajstić information content (AvgIpc) is 2.99. The Balaban J connectivity index is 1.92. The smallest absolute Gasteiger partial charge is 0.333 e. The minimum absolute atomic E-state index is 0.0430. The normalized spacial score (nSPS) is 13.8. The molecule has 0 radical (unpaired) electrons. The third kappa shape index (κ3) is 3.75. The van der Waals surface area contributed by atoms with E-state index in [1.165, 1.54) is 18.7 Å². The maximum absolute atomic E-state index is 13.0. The molecule has 5 nitrogen and oxygen atoms in total.